The number of aliphatic hydroxyl groups excluding tert-OH is 1. The molecule has 1 aliphatic heterocycles. The fraction of sp³-hybridized carbons (Fsp3) is 0.629. The van der Waals surface area contributed by atoms with E-state index < -0.39 is 35.9 Å². The zero-order chi connectivity index (χ0) is 34.0. The molecule has 254 valence electrons. The second-order valence-corrected chi connectivity index (χ2v) is 13.8. The van der Waals surface area contributed by atoms with Crippen molar-refractivity contribution in [2.45, 2.75) is 123 Å². The third-order valence-electron chi connectivity index (χ3n) is 9.23. The first-order chi connectivity index (χ1) is 21.7. The van der Waals surface area contributed by atoms with Crippen LogP contribution in [-0.2, 0) is 25.6 Å². The summed E-state index contributed by atoms with van der Waals surface area (Å²) in [6, 6.07) is 8.67. The Morgan fingerprint density at radius 3 is 2.37 bits per heavy atom. The zero-order valence-corrected chi connectivity index (χ0v) is 28.2. The maximum Gasteiger partial charge on any atom is 0.322 e. The normalized spacial score (nSPS) is 22.8. The lowest BCUT2D eigenvalue weighted by Gasteiger charge is -2.35. The monoisotopic (exact) mass is 639 g/mol. The van der Waals surface area contributed by atoms with Gasteiger partial charge in [0.2, 0.25) is 12.3 Å². The average Bonchev–Trinajstić information content (AvgIpc) is 3.03. The number of nitrogens with one attached hydrogen (secondary N) is 3. The van der Waals surface area contributed by atoms with Gasteiger partial charge < -0.3 is 20.8 Å². The molecular formula is C35H53N5O6. The van der Waals surface area contributed by atoms with Gasteiger partial charge in [0, 0.05) is 17.6 Å². The van der Waals surface area contributed by atoms with E-state index in [1.165, 1.54) is 35.0 Å². The average molecular weight is 640 g/mol. The quantitative estimate of drug-likeness (QED) is 0.230. The molecule has 0 spiro atoms. The van der Waals surface area contributed by atoms with Gasteiger partial charge in [-0.25, -0.2) is 5.43 Å². The summed E-state index contributed by atoms with van der Waals surface area (Å²) in [6.45, 7) is 12.2. The van der Waals surface area contributed by atoms with Crippen LogP contribution in [-0.4, -0.2) is 75.2 Å². The van der Waals surface area contributed by atoms with Crippen LogP contribution in [0.25, 0.3) is 10.9 Å². The molecule has 5 N–H and O–H groups in total. The van der Waals surface area contributed by atoms with Crippen LogP contribution in [0, 0.1) is 11.3 Å². The summed E-state index contributed by atoms with van der Waals surface area (Å²) < 4.78 is 0. The number of carboxylic acids is 1. The van der Waals surface area contributed by atoms with E-state index in [0.29, 0.717) is 37.1 Å². The number of aliphatic carboxylic acids is 1. The van der Waals surface area contributed by atoms with Gasteiger partial charge in [-0.2, -0.15) is 0 Å². The fourth-order valence-corrected chi connectivity index (χ4v) is 6.02. The highest BCUT2D eigenvalue weighted by Crippen LogP contribution is 2.39. The van der Waals surface area contributed by atoms with Crippen LogP contribution in [0.2, 0.25) is 0 Å². The largest absolute Gasteiger partial charge is 0.480 e. The smallest absolute Gasteiger partial charge is 0.322 e. The molecule has 46 heavy (non-hydrogen) atoms. The van der Waals surface area contributed by atoms with Crippen LogP contribution in [0.4, 0.5) is 0 Å². The summed E-state index contributed by atoms with van der Waals surface area (Å²) in [6.07, 6.45) is 7.93. The third kappa shape index (κ3) is 10.5. The Morgan fingerprint density at radius 1 is 1.09 bits per heavy atom. The lowest BCUT2D eigenvalue weighted by molar-refractivity contribution is -0.148. The number of aliphatic hydroxyl groups is 1. The van der Waals surface area contributed by atoms with Gasteiger partial charge in [-0.3, -0.25) is 29.2 Å². The predicted molar refractivity (Wildman–Crippen MR) is 178 cm³/mol. The number of amides is 3. The number of rotatable bonds is 11. The number of hydrogen-bond donors (Lipinski definition) is 5. The van der Waals surface area contributed by atoms with Crippen molar-refractivity contribution >= 4 is 35.1 Å². The van der Waals surface area contributed by atoms with E-state index in [-0.39, 0.29) is 12.0 Å². The number of hydrogen-bond acceptors (Lipinski definition) is 7. The molecule has 2 aromatic rings. The summed E-state index contributed by atoms with van der Waals surface area (Å²) >= 11 is 0. The summed E-state index contributed by atoms with van der Waals surface area (Å²) in [5.74, 6) is -1.56. The molecule has 1 saturated carbocycles. The van der Waals surface area contributed by atoms with E-state index >= 15 is 0 Å². The molecule has 1 saturated heterocycles. The van der Waals surface area contributed by atoms with Crippen molar-refractivity contribution in [3.8, 4) is 0 Å². The molecule has 1 aliphatic carbocycles. The second-order valence-electron chi connectivity index (χ2n) is 13.8. The number of aromatic nitrogens is 1. The van der Waals surface area contributed by atoms with Gasteiger partial charge in [-0.15, -0.1) is 0 Å². The minimum Gasteiger partial charge on any atom is -0.480 e. The first kappa shape index (κ1) is 36.9. The van der Waals surface area contributed by atoms with E-state index in [4.69, 9.17) is 10.1 Å². The SMILES string of the molecule is CC(C)C(NC=O)C(=O)N[C@@H](C)C(=O)N1CCC[C@@H](C(=O)O)N1.CC(C)c1ccc2ccc(CCC3(C)CCC(O)CC3)cc2n1. The summed E-state index contributed by atoms with van der Waals surface area (Å²) in [4.78, 5) is 50.8. The topological polar surface area (TPSA) is 161 Å². The molecule has 2 heterocycles. The predicted octanol–water partition coefficient (Wildman–Crippen LogP) is 4.07. The van der Waals surface area contributed by atoms with E-state index in [0.717, 1.165) is 37.6 Å². The number of pyridine rings is 1. The Balaban J connectivity index is 0.000000250. The molecule has 3 amide bonds. The van der Waals surface area contributed by atoms with Crippen LogP contribution in [0.3, 0.4) is 0 Å². The third-order valence-corrected chi connectivity index (χ3v) is 9.23. The lowest BCUT2D eigenvalue weighted by Crippen LogP contribution is -2.60. The molecule has 4 rings (SSSR count). The van der Waals surface area contributed by atoms with Gasteiger partial charge in [-0.1, -0.05) is 52.8 Å². The number of aryl methyl sites for hydroxylation is 1. The van der Waals surface area contributed by atoms with Crippen molar-refractivity contribution in [1.82, 2.24) is 26.1 Å². The van der Waals surface area contributed by atoms with Crippen LogP contribution in [0.1, 0.15) is 104 Å². The summed E-state index contributed by atoms with van der Waals surface area (Å²) in [5, 5.41) is 26.1. The molecule has 0 bridgehead atoms. The summed E-state index contributed by atoms with van der Waals surface area (Å²) in [5.41, 5.74) is 6.72. The molecule has 2 aliphatic rings. The molecule has 0 radical (unpaired) electrons. The van der Waals surface area contributed by atoms with E-state index in [2.05, 4.69) is 67.2 Å². The number of benzene rings is 1. The molecule has 1 aromatic carbocycles. The van der Waals surface area contributed by atoms with Gasteiger partial charge in [0.1, 0.15) is 18.1 Å². The number of carbonyl (C=O) groups is 4. The number of fused-ring (bicyclic) bond motifs is 1. The standard InChI is InChI=1S/C21H29NO.C14H24N4O5/c1-15(2)19-7-6-17-5-4-16(14-20(17)22-19)8-11-21(3)12-9-18(23)10-13-21;1-8(2)11(15-7-19)12(20)16-9(3)13(21)18-6-4-5-10(17-18)14(22)23/h4-7,14-15,18,23H,8-13H2,1-3H3;7-11,17H,4-6H2,1-3H3,(H,15,19)(H,16,20)(H,22,23)/t;9-,10-,11?/m.0/s1. The van der Waals surface area contributed by atoms with Crippen molar-refractivity contribution in [3.63, 3.8) is 0 Å². The van der Waals surface area contributed by atoms with Crippen LogP contribution >= 0.6 is 0 Å². The van der Waals surface area contributed by atoms with Crippen LogP contribution in [0.5, 0.6) is 0 Å². The van der Waals surface area contributed by atoms with Gasteiger partial charge in [-0.05, 0) is 93.2 Å². The Morgan fingerprint density at radius 2 is 1.76 bits per heavy atom. The Hall–Kier alpha value is -3.57. The van der Waals surface area contributed by atoms with Gasteiger partial charge in [0.15, 0.2) is 0 Å². The molecule has 1 aromatic heterocycles. The maximum atomic E-state index is 12.3. The molecule has 3 atom stereocenters. The lowest BCUT2D eigenvalue weighted by atomic mass is 9.71. The van der Waals surface area contributed by atoms with Crippen molar-refractivity contribution in [2.75, 3.05) is 6.54 Å². The maximum absolute atomic E-state index is 12.3. The van der Waals surface area contributed by atoms with Crippen LogP contribution in [0.15, 0.2) is 30.3 Å². The minimum absolute atomic E-state index is 0.0672. The van der Waals surface area contributed by atoms with Gasteiger partial charge in [0.25, 0.3) is 5.91 Å². The minimum atomic E-state index is -1.02. The van der Waals surface area contributed by atoms with E-state index in [9.17, 15) is 24.3 Å². The molecule has 1 unspecified atom stereocenters. The first-order valence-electron chi connectivity index (χ1n) is 16.6. The second kappa shape index (κ2) is 16.8. The Labute approximate surface area is 272 Å². The molecular weight excluding hydrogens is 586 g/mol. The van der Waals surface area contributed by atoms with Crippen molar-refractivity contribution < 1.29 is 29.4 Å². The molecule has 11 nitrogen and oxygen atoms in total. The van der Waals surface area contributed by atoms with Gasteiger partial charge >= 0.3 is 5.97 Å². The van der Waals surface area contributed by atoms with Crippen LogP contribution < -0.4 is 16.1 Å². The number of nitrogens with zero attached hydrogens (tertiary/aromatic N) is 2. The van der Waals surface area contributed by atoms with Crippen molar-refractivity contribution in [2.24, 2.45) is 11.3 Å². The molecule has 2 fully saturated rings. The number of carboxylic acid groups (broad SMARTS) is 1. The van der Waals surface area contributed by atoms with E-state index in [1.54, 1.807) is 13.8 Å². The van der Waals surface area contributed by atoms with E-state index in [1.807, 2.05) is 0 Å². The fourth-order valence-electron chi connectivity index (χ4n) is 6.02. The highest BCUT2D eigenvalue weighted by molar-refractivity contribution is 5.90. The first-order valence-corrected chi connectivity index (χ1v) is 16.6. The number of carbonyl (C=O) groups excluding carboxylic acids is 3. The number of hydrazine groups is 1. The van der Waals surface area contributed by atoms with Gasteiger partial charge in [0.05, 0.1) is 11.6 Å². The highest BCUT2D eigenvalue weighted by atomic mass is 16.4. The van der Waals surface area contributed by atoms with Crippen molar-refractivity contribution in [1.29, 1.82) is 0 Å². The Bertz CT molecular complexity index is 1340. The molecule has 11 heteroatoms. The zero-order valence-electron chi connectivity index (χ0n) is 28.2. The summed E-state index contributed by atoms with van der Waals surface area (Å²) in [7, 11) is 0. The highest BCUT2D eigenvalue weighted by Gasteiger charge is 2.32. The Kier molecular flexibility index (Phi) is 13.5. The van der Waals surface area contributed by atoms with Crippen molar-refractivity contribution in [3.05, 3.63) is 41.6 Å².